The van der Waals surface area contributed by atoms with Gasteiger partial charge in [-0.3, -0.25) is 5.10 Å². The summed E-state index contributed by atoms with van der Waals surface area (Å²) in [6.45, 7) is 5.01. The molecule has 1 heterocycles. The molecule has 20 heavy (non-hydrogen) atoms. The topological polar surface area (TPSA) is 47.1 Å². The Balaban J connectivity index is 2.49. The van der Waals surface area contributed by atoms with Crippen LogP contribution in [0.4, 0.5) is 0 Å². The summed E-state index contributed by atoms with van der Waals surface area (Å²) < 4.78 is 11.7. The lowest BCUT2D eigenvalue weighted by Gasteiger charge is -2.12. The second kappa shape index (κ2) is 6.72. The summed E-state index contributed by atoms with van der Waals surface area (Å²) in [4.78, 5) is 0. The van der Waals surface area contributed by atoms with Gasteiger partial charge in [-0.15, -0.1) is 0 Å². The predicted molar refractivity (Wildman–Crippen MR) is 82.2 cm³/mol. The molecule has 0 aliphatic heterocycles. The average Bonchev–Trinajstić information content (AvgIpc) is 2.44. The van der Waals surface area contributed by atoms with E-state index in [1.807, 2.05) is 32.0 Å². The molecule has 1 N–H and O–H groups in total. The van der Waals surface area contributed by atoms with Gasteiger partial charge in [0, 0.05) is 5.56 Å². The van der Waals surface area contributed by atoms with Crippen LogP contribution in [0.15, 0.2) is 24.3 Å². The van der Waals surface area contributed by atoms with Crippen molar-refractivity contribution in [3.05, 3.63) is 34.1 Å². The normalized spacial score (nSPS) is 10.3. The highest BCUT2D eigenvalue weighted by molar-refractivity contribution is 7.71. The molecule has 106 valence electrons. The Labute approximate surface area is 127 Å². The minimum absolute atomic E-state index is 0.362. The quantitative estimate of drug-likeness (QED) is 0.838. The first kappa shape index (κ1) is 14.8. The van der Waals surface area contributed by atoms with Crippen LogP contribution in [0.5, 0.6) is 11.5 Å². The molecule has 0 aliphatic rings. The SMILES string of the molecule is CCOc1ccc(-c2cc(Cl)n[nH]c2=S)cc1OCC. The number of hydrogen-bond donors (Lipinski definition) is 1. The number of aromatic amines is 1. The second-order valence-corrected chi connectivity index (χ2v) is 4.76. The molecule has 0 bridgehead atoms. The first-order chi connectivity index (χ1) is 9.65. The summed E-state index contributed by atoms with van der Waals surface area (Å²) in [6.07, 6.45) is 0. The van der Waals surface area contributed by atoms with Crippen molar-refractivity contribution in [3.63, 3.8) is 0 Å². The lowest BCUT2D eigenvalue weighted by molar-refractivity contribution is 0.288. The number of benzene rings is 1. The zero-order valence-electron chi connectivity index (χ0n) is 11.3. The van der Waals surface area contributed by atoms with Gasteiger partial charge in [0.1, 0.15) is 9.79 Å². The molecule has 4 nitrogen and oxygen atoms in total. The van der Waals surface area contributed by atoms with E-state index in [1.165, 1.54) is 0 Å². The summed E-state index contributed by atoms with van der Waals surface area (Å²) in [5, 5.41) is 6.93. The third kappa shape index (κ3) is 3.29. The van der Waals surface area contributed by atoms with Crippen LogP contribution in [-0.4, -0.2) is 23.4 Å². The van der Waals surface area contributed by atoms with E-state index in [4.69, 9.17) is 33.3 Å². The fraction of sp³-hybridized carbons (Fsp3) is 0.286. The zero-order valence-corrected chi connectivity index (χ0v) is 12.8. The largest absolute Gasteiger partial charge is 0.490 e. The number of aromatic nitrogens is 2. The van der Waals surface area contributed by atoms with Crippen LogP contribution in [0.2, 0.25) is 5.15 Å². The lowest BCUT2D eigenvalue weighted by Crippen LogP contribution is -1.98. The average molecular weight is 311 g/mol. The number of H-pyrrole nitrogens is 1. The monoisotopic (exact) mass is 310 g/mol. The number of hydrogen-bond acceptors (Lipinski definition) is 4. The van der Waals surface area contributed by atoms with Crippen molar-refractivity contribution < 1.29 is 9.47 Å². The molecule has 0 saturated heterocycles. The molecule has 0 amide bonds. The highest BCUT2D eigenvalue weighted by Gasteiger charge is 2.09. The van der Waals surface area contributed by atoms with Crippen molar-refractivity contribution in [2.75, 3.05) is 13.2 Å². The first-order valence-electron chi connectivity index (χ1n) is 6.31. The van der Waals surface area contributed by atoms with Gasteiger partial charge in [-0.1, -0.05) is 29.9 Å². The van der Waals surface area contributed by atoms with E-state index >= 15 is 0 Å². The van der Waals surface area contributed by atoms with E-state index in [0.717, 1.165) is 11.1 Å². The molecule has 0 aliphatic carbocycles. The van der Waals surface area contributed by atoms with E-state index in [-0.39, 0.29) is 0 Å². The number of nitrogens with one attached hydrogen (secondary N) is 1. The van der Waals surface area contributed by atoms with E-state index < -0.39 is 0 Å². The third-order valence-corrected chi connectivity index (χ3v) is 3.13. The number of ether oxygens (including phenoxy) is 2. The Hall–Kier alpha value is -1.59. The highest BCUT2D eigenvalue weighted by Crippen LogP contribution is 2.33. The zero-order chi connectivity index (χ0) is 14.5. The van der Waals surface area contributed by atoms with Crippen LogP contribution < -0.4 is 9.47 Å². The summed E-state index contributed by atoms with van der Waals surface area (Å²) >= 11 is 11.1. The van der Waals surface area contributed by atoms with Gasteiger partial charge in [-0.2, -0.15) is 5.10 Å². The van der Waals surface area contributed by atoms with E-state index in [2.05, 4.69) is 10.2 Å². The lowest BCUT2D eigenvalue weighted by atomic mass is 10.1. The van der Waals surface area contributed by atoms with Gasteiger partial charge in [0.2, 0.25) is 0 Å². The number of nitrogens with zero attached hydrogens (tertiary/aromatic N) is 1. The molecule has 0 saturated carbocycles. The van der Waals surface area contributed by atoms with Crippen LogP contribution in [0.25, 0.3) is 11.1 Å². The molecule has 0 atom stereocenters. The molecular weight excluding hydrogens is 296 g/mol. The Morgan fingerprint density at radius 2 is 1.85 bits per heavy atom. The molecule has 1 aromatic heterocycles. The fourth-order valence-corrected chi connectivity index (χ4v) is 2.19. The standard InChI is InChI=1S/C14H15ClN2O2S/c1-3-18-11-6-5-9(7-12(11)19-4-2)10-8-13(15)16-17-14(10)20/h5-8H,3-4H2,1-2H3,(H,17,20). The molecule has 0 fully saturated rings. The highest BCUT2D eigenvalue weighted by atomic mass is 35.5. The first-order valence-corrected chi connectivity index (χ1v) is 7.09. The maximum atomic E-state index is 5.90. The van der Waals surface area contributed by atoms with Gasteiger partial charge >= 0.3 is 0 Å². The van der Waals surface area contributed by atoms with Gasteiger partial charge in [-0.05, 0) is 37.6 Å². The van der Waals surface area contributed by atoms with Crippen LogP contribution >= 0.6 is 23.8 Å². The molecule has 2 aromatic rings. The fourth-order valence-electron chi connectivity index (χ4n) is 1.81. The van der Waals surface area contributed by atoms with E-state index in [9.17, 15) is 0 Å². The van der Waals surface area contributed by atoms with Crippen molar-refractivity contribution in [1.82, 2.24) is 10.2 Å². The number of rotatable bonds is 5. The Morgan fingerprint density at radius 1 is 1.15 bits per heavy atom. The minimum atomic E-state index is 0.362. The van der Waals surface area contributed by atoms with Crippen LogP contribution in [0.1, 0.15) is 13.8 Å². The second-order valence-electron chi connectivity index (χ2n) is 3.96. The van der Waals surface area contributed by atoms with Crippen molar-refractivity contribution in [2.24, 2.45) is 0 Å². The maximum Gasteiger partial charge on any atom is 0.161 e. The van der Waals surface area contributed by atoms with Gasteiger partial charge in [-0.25, -0.2) is 0 Å². The third-order valence-electron chi connectivity index (χ3n) is 2.63. The Bertz CT molecular complexity index is 658. The number of halogens is 1. The Kier molecular flexibility index (Phi) is 4.98. The summed E-state index contributed by atoms with van der Waals surface area (Å²) in [5.74, 6) is 1.40. The van der Waals surface area contributed by atoms with Crippen LogP contribution in [-0.2, 0) is 0 Å². The van der Waals surface area contributed by atoms with Gasteiger partial charge in [0.15, 0.2) is 11.5 Å². The smallest absolute Gasteiger partial charge is 0.161 e. The maximum absolute atomic E-state index is 5.90. The Morgan fingerprint density at radius 3 is 2.55 bits per heavy atom. The van der Waals surface area contributed by atoms with Gasteiger partial charge in [0.25, 0.3) is 0 Å². The van der Waals surface area contributed by atoms with Crippen molar-refractivity contribution in [3.8, 4) is 22.6 Å². The van der Waals surface area contributed by atoms with Crippen LogP contribution in [0.3, 0.4) is 0 Å². The molecule has 6 heteroatoms. The summed E-state index contributed by atoms with van der Waals surface area (Å²) in [7, 11) is 0. The van der Waals surface area contributed by atoms with Crippen molar-refractivity contribution in [1.29, 1.82) is 0 Å². The van der Waals surface area contributed by atoms with Gasteiger partial charge in [0.05, 0.1) is 13.2 Å². The van der Waals surface area contributed by atoms with E-state index in [1.54, 1.807) is 6.07 Å². The summed E-state index contributed by atoms with van der Waals surface area (Å²) in [6, 6.07) is 7.41. The van der Waals surface area contributed by atoms with E-state index in [0.29, 0.717) is 34.5 Å². The summed E-state index contributed by atoms with van der Waals surface area (Å²) in [5.41, 5.74) is 1.71. The molecule has 0 radical (unpaired) electrons. The molecule has 0 spiro atoms. The molecule has 0 unspecified atom stereocenters. The van der Waals surface area contributed by atoms with Crippen molar-refractivity contribution in [2.45, 2.75) is 13.8 Å². The molecule has 2 rings (SSSR count). The van der Waals surface area contributed by atoms with Crippen molar-refractivity contribution >= 4 is 23.8 Å². The molecule has 1 aromatic carbocycles. The van der Waals surface area contributed by atoms with Gasteiger partial charge < -0.3 is 9.47 Å². The molecular formula is C14H15ClN2O2S. The minimum Gasteiger partial charge on any atom is -0.490 e. The van der Waals surface area contributed by atoms with Crippen LogP contribution in [0, 0.1) is 4.64 Å². The predicted octanol–water partition coefficient (Wildman–Crippen LogP) is 4.26.